The summed E-state index contributed by atoms with van der Waals surface area (Å²) in [5, 5.41) is 11.2. The SMILES string of the molecule is CCOC(=O)N1CCN(c2c(C)cc([N+](=O)[O-])cc2Cl)CC1. The van der Waals surface area contributed by atoms with E-state index in [-0.39, 0.29) is 11.8 Å². The van der Waals surface area contributed by atoms with Crippen molar-refractivity contribution in [2.24, 2.45) is 0 Å². The van der Waals surface area contributed by atoms with Crippen LogP contribution in [-0.2, 0) is 4.74 Å². The Hall–Kier alpha value is -2.02. The fourth-order valence-corrected chi connectivity index (χ4v) is 2.93. The molecule has 1 fully saturated rings. The van der Waals surface area contributed by atoms with Gasteiger partial charge in [-0.3, -0.25) is 10.1 Å². The predicted molar refractivity (Wildman–Crippen MR) is 83.7 cm³/mol. The Morgan fingerprint density at radius 3 is 2.50 bits per heavy atom. The summed E-state index contributed by atoms with van der Waals surface area (Å²) in [7, 11) is 0. The van der Waals surface area contributed by atoms with Crippen LogP contribution in [0.25, 0.3) is 0 Å². The molecule has 0 N–H and O–H groups in total. The molecule has 2 rings (SSSR count). The number of nitro groups is 1. The number of non-ortho nitro benzene ring substituents is 1. The minimum Gasteiger partial charge on any atom is -0.450 e. The first-order chi connectivity index (χ1) is 10.4. The first-order valence-electron chi connectivity index (χ1n) is 7.05. The van der Waals surface area contributed by atoms with Crippen molar-refractivity contribution in [3.8, 4) is 0 Å². The first kappa shape index (κ1) is 16.4. The van der Waals surface area contributed by atoms with E-state index in [1.165, 1.54) is 12.1 Å². The Kier molecular flexibility index (Phi) is 5.07. The molecule has 1 saturated heterocycles. The van der Waals surface area contributed by atoms with Crippen LogP contribution >= 0.6 is 11.6 Å². The molecule has 1 aliphatic heterocycles. The molecule has 7 nitrogen and oxygen atoms in total. The maximum absolute atomic E-state index is 11.7. The summed E-state index contributed by atoms with van der Waals surface area (Å²) in [5.41, 5.74) is 1.52. The topological polar surface area (TPSA) is 75.9 Å². The molecule has 1 aromatic rings. The molecule has 0 aliphatic carbocycles. The molecule has 0 saturated carbocycles. The largest absolute Gasteiger partial charge is 0.450 e. The molecule has 22 heavy (non-hydrogen) atoms. The van der Waals surface area contributed by atoms with Gasteiger partial charge in [0.15, 0.2) is 0 Å². The van der Waals surface area contributed by atoms with Crippen LogP contribution in [0.3, 0.4) is 0 Å². The van der Waals surface area contributed by atoms with Crippen molar-refractivity contribution in [2.45, 2.75) is 13.8 Å². The van der Waals surface area contributed by atoms with Gasteiger partial charge in [-0.1, -0.05) is 11.6 Å². The summed E-state index contributed by atoms with van der Waals surface area (Å²) in [6, 6.07) is 2.88. The van der Waals surface area contributed by atoms with E-state index < -0.39 is 4.92 Å². The summed E-state index contributed by atoms with van der Waals surface area (Å²) in [5.74, 6) is 0. The quantitative estimate of drug-likeness (QED) is 0.630. The number of hydrogen-bond acceptors (Lipinski definition) is 5. The second-order valence-electron chi connectivity index (χ2n) is 5.02. The van der Waals surface area contributed by atoms with Crippen LogP contribution < -0.4 is 4.90 Å². The van der Waals surface area contributed by atoms with Gasteiger partial charge in [0, 0.05) is 38.3 Å². The zero-order valence-electron chi connectivity index (χ0n) is 12.5. The van der Waals surface area contributed by atoms with E-state index in [0.29, 0.717) is 37.8 Å². The van der Waals surface area contributed by atoms with Crippen LogP contribution in [0.2, 0.25) is 5.02 Å². The molecule has 0 unspecified atom stereocenters. The Morgan fingerprint density at radius 2 is 2.00 bits per heavy atom. The van der Waals surface area contributed by atoms with Crippen molar-refractivity contribution >= 4 is 29.1 Å². The van der Waals surface area contributed by atoms with Crippen LogP contribution in [0, 0.1) is 17.0 Å². The Bertz CT molecular complexity index is 562. The number of hydrogen-bond donors (Lipinski definition) is 0. The number of nitrogens with zero attached hydrogens (tertiary/aromatic N) is 3. The molecular weight excluding hydrogens is 310 g/mol. The van der Waals surface area contributed by atoms with Gasteiger partial charge in [0.1, 0.15) is 0 Å². The molecule has 120 valence electrons. The number of aryl methyl sites for hydroxylation is 1. The number of benzene rings is 1. The third-order valence-electron chi connectivity index (χ3n) is 3.57. The van der Waals surface area contributed by atoms with Gasteiger partial charge in [-0.05, 0) is 19.4 Å². The van der Waals surface area contributed by atoms with Crippen LogP contribution in [-0.4, -0.2) is 48.7 Å². The normalized spacial score (nSPS) is 14.9. The number of halogens is 1. The average Bonchev–Trinajstić information content (AvgIpc) is 2.47. The molecule has 8 heteroatoms. The van der Waals surface area contributed by atoms with E-state index in [0.717, 1.165) is 11.3 Å². The highest BCUT2D eigenvalue weighted by molar-refractivity contribution is 6.33. The second-order valence-corrected chi connectivity index (χ2v) is 5.43. The molecule has 0 radical (unpaired) electrons. The average molecular weight is 328 g/mol. The maximum atomic E-state index is 11.7. The van der Waals surface area contributed by atoms with Gasteiger partial charge in [-0.2, -0.15) is 0 Å². The molecule has 1 aliphatic rings. The lowest BCUT2D eigenvalue weighted by molar-refractivity contribution is -0.384. The Morgan fingerprint density at radius 1 is 1.36 bits per heavy atom. The number of ether oxygens (including phenoxy) is 1. The fraction of sp³-hybridized carbons (Fsp3) is 0.500. The lowest BCUT2D eigenvalue weighted by Crippen LogP contribution is -2.49. The van der Waals surface area contributed by atoms with Crippen molar-refractivity contribution in [1.29, 1.82) is 0 Å². The zero-order valence-corrected chi connectivity index (χ0v) is 13.3. The fourth-order valence-electron chi connectivity index (χ4n) is 2.55. The van der Waals surface area contributed by atoms with Gasteiger partial charge < -0.3 is 14.5 Å². The minimum absolute atomic E-state index is 0.0172. The Labute approximate surface area is 133 Å². The summed E-state index contributed by atoms with van der Waals surface area (Å²) in [6.07, 6.45) is -0.311. The molecule has 0 bridgehead atoms. The summed E-state index contributed by atoms with van der Waals surface area (Å²) >= 11 is 6.21. The zero-order chi connectivity index (χ0) is 16.3. The summed E-state index contributed by atoms with van der Waals surface area (Å²) in [4.78, 5) is 25.8. The van der Waals surface area contributed by atoms with Gasteiger partial charge in [0.25, 0.3) is 5.69 Å². The highest BCUT2D eigenvalue weighted by Crippen LogP contribution is 2.34. The number of piperazine rings is 1. The third kappa shape index (κ3) is 3.41. The summed E-state index contributed by atoms with van der Waals surface area (Å²) in [6.45, 7) is 6.21. The monoisotopic (exact) mass is 327 g/mol. The van der Waals surface area contributed by atoms with Crippen LogP contribution in [0.15, 0.2) is 12.1 Å². The molecule has 1 heterocycles. The van der Waals surface area contributed by atoms with Gasteiger partial charge >= 0.3 is 6.09 Å². The van der Waals surface area contributed by atoms with E-state index in [2.05, 4.69) is 0 Å². The number of anilines is 1. The lowest BCUT2D eigenvalue weighted by atomic mass is 10.1. The lowest BCUT2D eigenvalue weighted by Gasteiger charge is -2.36. The third-order valence-corrected chi connectivity index (χ3v) is 3.86. The number of carbonyl (C=O) groups is 1. The van der Waals surface area contributed by atoms with Gasteiger partial charge in [-0.15, -0.1) is 0 Å². The van der Waals surface area contributed by atoms with E-state index in [1.54, 1.807) is 18.7 Å². The van der Waals surface area contributed by atoms with E-state index in [1.807, 2.05) is 4.90 Å². The van der Waals surface area contributed by atoms with Gasteiger partial charge in [0.05, 0.1) is 22.2 Å². The number of carbonyl (C=O) groups excluding carboxylic acids is 1. The van der Waals surface area contributed by atoms with Crippen molar-refractivity contribution < 1.29 is 14.5 Å². The number of nitro benzene ring substituents is 1. The highest BCUT2D eigenvalue weighted by Gasteiger charge is 2.25. The molecule has 1 amide bonds. The Balaban J connectivity index is 2.12. The van der Waals surface area contributed by atoms with Crippen LogP contribution in [0.4, 0.5) is 16.2 Å². The van der Waals surface area contributed by atoms with E-state index in [9.17, 15) is 14.9 Å². The molecule has 0 aromatic heterocycles. The highest BCUT2D eigenvalue weighted by atomic mass is 35.5. The smallest absolute Gasteiger partial charge is 0.409 e. The van der Waals surface area contributed by atoms with Gasteiger partial charge in [-0.25, -0.2) is 4.79 Å². The van der Waals surface area contributed by atoms with Crippen molar-refractivity contribution in [1.82, 2.24) is 4.90 Å². The van der Waals surface area contributed by atoms with Crippen LogP contribution in [0.1, 0.15) is 12.5 Å². The van der Waals surface area contributed by atoms with Crippen molar-refractivity contribution in [3.63, 3.8) is 0 Å². The standard InChI is InChI=1S/C14H18ClN3O4/c1-3-22-14(19)17-6-4-16(5-7-17)13-10(2)8-11(18(20)21)9-12(13)15/h8-9H,3-7H2,1-2H3. The predicted octanol–water partition coefficient (Wildman–Crippen LogP) is 2.84. The molecule has 1 aromatic carbocycles. The van der Waals surface area contributed by atoms with E-state index >= 15 is 0 Å². The van der Waals surface area contributed by atoms with Crippen molar-refractivity contribution in [2.75, 3.05) is 37.7 Å². The van der Waals surface area contributed by atoms with E-state index in [4.69, 9.17) is 16.3 Å². The number of rotatable bonds is 3. The second kappa shape index (κ2) is 6.83. The van der Waals surface area contributed by atoms with Gasteiger partial charge in [0.2, 0.25) is 0 Å². The summed E-state index contributed by atoms with van der Waals surface area (Å²) < 4.78 is 4.98. The number of amides is 1. The first-order valence-corrected chi connectivity index (χ1v) is 7.43. The molecule has 0 atom stereocenters. The van der Waals surface area contributed by atoms with Crippen LogP contribution in [0.5, 0.6) is 0 Å². The molecular formula is C14H18ClN3O4. The molecule has 0 spiro atoms. The minimum atomic E-state index is -0.457. The van der Waals surface area contributed by atoms with Crippen molar-refractivity contribution in [3.05, 3.63) is 32.8 Å². The maximum Gasteiger partial charge on any atom is 0.409 e.